The van der Waals surface area contributed by atoms with Crippen molar-refractivity contribution in [2.75, 3.05) is 62.2 Å². The molecule has 0 atom stereocenters. The molecular weight excluding hydrogens is 711 g/mol. The number of piperazine rings is 2. The molecule has 0 radical (unpaired) electrons. The maximum absolute atomic E-state index is 14.7. The number of anilines is 2. The molecule has 2 aliphatic heterocycles. The molecule has 12 heteroatoms. The Balaban J connectivity index is 0.000000170. The van der Waals surface area contributed by atoms with Crippen LogP contribution in [0.25, 0.3) is 0 Å². The molecule has 2 aromatic carbocycles. The fraction of sp³-hybridized carbons (Fsp3) is 0.537. The standard InChI is InChI=1S/C23H30FN3O2S.C18H22FN3S/c1-22(2,3)29-21(28)27-14-12-26(13-15-27)20-25-19(16-30-20)23(10-6-7-11-23)17-8-4-5-9-18(17)24;19-15-6-2-1-5-14(15)18(7-3-4-8-18)16-13-23-17(21-16)22-11-9-20-10-12-22/h4-5,8-9,16H,6-7,10-15H2,1-3H3;1-2,5-6,13,20H,3-4,7-12H2. The maximum Gasteiger partial charge on any atom is 0.410 e. The summed E-state index contributed by atoms with van der Waals surface area (Å²) in [7, 11) is 0. The van der Waals surface area contributed by atoms with Gasteiger partial charge in [-0.3, -0.25) is 0 Å². The van der Waals surface area contributed by atoms with Gasteiger partial charge in [0.2, 0.25) is 0 Å². The van der Waals surface area contributed by atoms with E-state index in [1.807, 2.05) is 45.0 Å². The molecule has 2 aromatic heterocycles. The highest BCUT2D eigenvalue weighted by molar-refractivity contribution is 7.14. The zero-order valence-electron chi connectivity index (χ0n) is 31.2. The average Bonchev–Trinajstić information content (AvgIpc) is 4.00. The smallest absolute Gasteiger partial charge is 0.410 e. The number of amides is 1. The van der Waals surface area contributed by atoms with Crippen molar-refractivity contribution < 1.29 is 18.3 Å². The summed E-state index contributed by atoms with van der Waals surface area (Å²) in [5.74, 6) is -0.231. The number of thiazole rings is 2. The summed E-state index contributed by atoms with van der Waals surface area (Å²) >= 11 is 3.33. The Bertz CT molecular complexity index is 1830. The summed E-state index contributed by atoms with van der Waals surface area (Å²) < 4.78 is 34.7. The Morgan fingerprint density at radius 2 is 1.13 bits per heavy atom. The van der Waals surface area contributed by atoms with Gasteiger partial charge in [-0.05, 0) is 69.7 Å². The van der Waals surface area contributed by atoms with E-state index in [9.17, 15) is 13.6 Å². The molecule has 1 amide bonds. The van der Waals surface area contributed by atoms with Crippen molar-refractivity contribution >= 4 is 39.0 Å². The van der Waals surface area contributed by atoms with Crippen molar-refractivity contribution in [3.63, 3.8) is 0 Å². The first-order chi connectivity index (χ1) is 25.6. The maximum atomic E-state index is 14.7. The molecule has 4 fully saturated rings. The lowest BCUT2D eigenvalue weighted by Crippen LogP contribution is -2.50. The van der Waals surface area contributed by atoms with Crippen molar-refractivity contribution in [2.45, 2.75) is 88.6 Å². The lowest BCUT2D eigenvalue weighted by atomic mass is 9.76. The van der Waals surface area contributed by atoms with Crippen molar-refractivity contribution in [1.29, 1.82) is 0 Å². The van der Waals surface area contributed by atoms with Gasteiger partial charge in [0.15, 0.2) is 10.3 Å². The minimum absolute atomic E-state index is 0.0916. The molecule has 4 heterocycles. The predicted octanol–water partition coefficient (Wildman–Crippen LogP) is 8.75. The van der Waals surface area contributed by atoms with E-state index < -0.39 is 5.60 Å². The van der Waals surface area contributed by atoms with E-state index in [0.717, 1.165) is 123 Å². The highest BCUT2D eigenvalue weighted by Crippen LogP contribution is 2.49. The van der Waals surface area contributed by atoms with Crippen molar-refractivity contribution in [3.05, 3.63) is 93.4 Å². The number of rotatable bonds is 6. The second-order valence-corrected chi connectivity index (χ2v) is 17.4. The van der Waals surface area contributed by atoms with Gasteiger partial charge in [-0.2, -0.15) is 0 Å². The molecule has 2 aliphatic carbocycles. The van der Waals surface area contributed by atoms with Gasteiger partial charge < -0.3 is 24.8 Å². The van der Waals surface area contributed by atoms with Gasteiger partial charge >= 0.3 is 6.09 Å². The summed E-state index contributed by atoms with van der Waals surface area (Å²) in [6.07, 6.45) is 8.09. The monoisotopic (exact) mass is 762 g/mol. The average molecular weight is 763 g/mol. The Morgan fingerprint density at radius 1 is 0.698 bits per heavy atom. The first-order valence-electron chi connectivity index (χ1n) is 19.2. The second kappa shape index (κ2) is 16.0. The number of ether oxygens (including phenoxy) is 1. The zero-order chi connectivity index (χ0) is 37.1. The van der Waals surface area contributed by atoms with Gasteiger partial charge in [0.1, 0.15) is 17.2 Å². The van der Waals surface area contributed by atoms with Crippen molar-refractivity contribution in [3.8, 4) is 0 Å². The van der Waals surface area contributed by atoms with Crippen LogP contribution in [0.3, 0.4) is 0 Å². The van der Waals surface area contributed by atoms with E-state index in [2.05, 4.69) is 25.9 Å². The minimum atomic E-state index is -0.485. The van der Waals surface area contributed by atoms with Crippen LogP contribution in [-0.4, -0.2) is 78.9 Å². The van der Waals surface area contributed by atoms with Crippen LogP contribution < -0.4 is 15.1 Å². The quantitative estimate of drug-likeness (QED) is 0.211. The fourth-order valence-electron chi connectivity index (χ4n) is 8.50. The van der Waals surface area contributed by atoms with E-state index in [1.54, 1.807) is 51.8 Å². The van der Waals surface area contributed by atoms with Crippen LogP contribution in [0.15, 0.2) is 59.3 Å². The van der Waals surface area contributed by atoms with Crippen molar-refractivity contribution in [2.24, 2.45) is 0 Å². The number of benzene rings is 2. The normalized spacial score (nSPS) is 19.9. The van der Waals surface area contributed by atoms with Crippen LogP contribution >= 0.6 is 22.7 Å². The second-order valence-electron chi connectivity index (χ2n) is 15.8. The summed E-state index contributed by atoms with van der Waals surface area (Å²) in [5, 5.41) is 9.68. The number of hydrogen-bond donors (Lipinski definition) is 1. The third-order valence-electron chi connectivity index (χ3n) is 11.2. The molecule has 0 bridgehead atoms. The number of halogens is 2. The molecule has 284 valence electrons. The SMILES string of the molecule is CC(C)(C)OC(=O)N1CCN(c2nc(C3(c4ccccc4F)CCCC3)cs2)CC1.Fc1ccccc1C1(c2csc(N3CCNCC3)n2)CCCC1. The summed E-state index contributed by atoms with van der Waals surface area (Å²) in [4.78, 5) is 28.6. The molecule has 1 N–H and O–H groups in total. The number of hydrogen-bond acceptors (Lipinski definition) is 9. The molecule has 2 saturated heterocycles. The van der Waals surface area contributed by atoms with Gasteiger partial charge in [-0.1, -0.05) is 62.1 Å². The Labute approximate surface area is 320 Å². The van der Waals surface area contributed by atoms with E-state index in [1.165, 1.54) is 0 Å². The fourth-order valence-corrected chi connectivity index (χ4v) is 10.5. The van der Waals surface area contributed by atoms with E-state index in [-0.39, 0.29) is 28.6 Å². The Kier molecular flexibility index (Phi) is 11.4. The first kappa shape index (κ1) is 37.7. The molecule has 8 rings (SSSR count). The predicted molar refractivity (Wildman–Crippen MR) is 211 cm³/mol. The van der Waals surface area contributed by atoms with Crippen LogP contribution in [-0.2, 0) is 15.6 Å². The number of carbonyl (C=O) groups excluding carboxylic acids is 1. The van der Waals surface area contributed by atoms with Crippen LogP contribution in [0.1, 0.15) is 94.7 Å². The summed E-state index contributed by atoms with van der Waals surface area (Å²) in [6.45, 7) is 12.3. The van der Waals surface area contributed by atoms with E-state index >= 15 is 0 Å². The molecule has 0 unspecified atom stereocenters. The van der Waals surface area contributed by atoms with Gasteiger partial charge in [0.05, 0.1) is 11.4 Å². The zero-order valence-corrected chi connectivity index (χ0v) is 32.8. The van der Waals surface area contributed by atoms with Crippen LogP contribution in [0.2, 0.25) is 0 Å². The summed E-state index contributed by atoms with van der Waals surface area (Å²) in [6, 6.07) is 14.4. The van der Waals surface area contributed by atoms with Gasteiger partial charge in [0.25, 0.3) is 0 Å². The van der Waals surface area contributed by atoms with E-state index in [4.69, 9.17) is 14.7 Å². The number of nitrogens with zero attached hydrogens (tertiary/aromatic N) is 5. The van der Waals surface area contributed by atoms with Gasteiger partial charge in [0, 0.05) is 73.9 Å². The highest BCUT2D eigenvalue weighted by atomic mass is 32.1. The summed E-state index contributed by atoms with van der Waals surface area (Å²) in [5.41, 5.74) is 2.62. The Morgan fingerprint density at radius 3 is 1.57 bits per heavy atom. The lowest BCUT2D eigenvalue weighted by Gasteiger charge is -2.35. The largest absolute Gasteiger partial charge is 0.444 e. The molecule has 0 spiro atoms. The van der Waals surface area contributed by atoms with Gasteiger partial charge in [-0.15, -0.1) is 22.7 Å². The molecule has 4 aromatic rings. The number of carbonyl (C=O) groups is 1. The lowest BCUT2D eigenvalue weighted by molar-refractivity contribution is 0.0240. The first-order valence-corrected chi connectivity index (χ1v) is 20.9. The third-order valence-corrected chi connectivity index (χ3v) is 13.1. The highest BCUT2D eigenvalue weighted by Gasteiger charge is 2.43. The number of aromatic nitrogens is 2. The third kappa shape index (κ3) is 8.10. The topological polar surface area (TPSA) is 73.8 Å². The van der Waals surface area contributed by atoms with Gasteiger partial charge in [-0.25, -0.2) is 23.5 Å². The Hall–Kier alpha value is -3.61. The minimum Gasteiger partial charge on any atom is -0.444 e. The number of nitrogens with one attached hydrogen (secondary N) is 1. The van der Waals surface area contributed by atoms with E-state index in [0.29, 0.717) is 13.1 Å². The van der Waals surface area contributed by atoms with Crippen LogP contribution in [0.4, 0.5) is 23.8 Å². The molecule has 2 saturated carbocycles. The molecule has 4 aliphatic rings. The molecular formula is C41H52F2N6O2S2. The van der Waals surface area contributed by atoms with Crippen molar-refractivity contribution in [1.82, 2.24) is 20.2 Å². The van der Waals surface area contributed by atoms with Crippen LogP contribution in [0, 0.1) is 11.6 Å². The molecule has 8 nitrogen and oxygen atoms in total. The molecule has 53 heavy (non-hydrogen) atoms. The van der Waals surface area contributed by atoms with Crippen LogP contribution in [0.5, 0.6) is 0 Å².